The predicted octanol–water partition coefficient (Wildman–Crippen LogP) is 1.57. The highest BCUT2D eigenvalue weighted by molar-refractivity contribution is 5.95. The normalized spacial score (nSPS) is 17.4. The third kappa shape index (κ3) is 2.24. The standard InChI is InChI=1S/C15H18N6O/c1-8(2)10-4-6-11(7-5-10)13-12(14(16)22)9(3)17-15-18-19-20-21(13)15/h4-8,13H,1-3H3,(H2,16,22)(H,17,18,20). The van der Waals surface area contributed by atoms with Gasteiger partial charge in [0.2, 0.25) is 11.9 Å². The first-order valence-corrected chi connectivity index (χ1v) is 7.14. The van der Waals surface area contributed by atoms with E-state index in [1.807, 2.05) is 12.1 Å². The zero-order valence-corrected chi connectivity index (χ0v) is 12.7. The molecule has 1 aromatic carbocycles. The number of allylic oxidation sites excluding steroid dienone is 1. The number of aromatic nitrogens is 4. The van der Waals surface area contributed by atoms with Crippen molar-refractivity contribution in [2.45, 2.75) is 32.7 Å². The quantitative estimate of drug-likeness (QED) is 0.896. The highest BCUT2D eigenvalue weighted by Gasteiger charge is 2.32. The molecule has 1 aliphatic heterocycles. The summed E-state index contributed by atoms with van der Waals surface area (Å²) in [6.07, 6.45) is 0. The molecule has 22 heavy (non-hydrogen) atoms. The third-order valence-electron chi connectivity index (χ3n) is 3.90. The second kappa shape index (κ2) is 5.25. The zero-order chi connectivity index (χ0) is 15.9. The lowest BCUT2D eigenvalue weighted by Gasteiger charge is -2.27. The van der Waals surface area contributed by atoms with Crippen LogP contribution in [0.2, 0.25) is 0 Å². The van der Waals surface area contributed by atoms with Crippen LogP contribution >= 0.6 is 0 Å². The Hall–Kier alpha value is -2.70. The number of hydrogen-bond donors (Lipinski definition) is 2. The third-order valence-corrected chi connectivity index (χ3v) is 3.90. The van der Waals surface area contributed by atoms with Crippen molar-refractivity contribution < 1.29 is 4.79 Å². The lowest BCUT2D eigenvalue weighted by molar-refractivity contribution is -0.115. The van der Waals surface area contributed by atoms with Crippen LogP contribution in [-0.4, -0.2) is 26.1 Å². The van der Waals surface area contributed by atoms with Gasteiger partial charge in [0.25, 0.3) is 0 Å². The average molecular weight is 298 g/mol. The van der Waals surface area contributed by atoms with Crippen LogP contribution in [0.3, 0.4) is 0 Å². The predicted molar refractivity (Wildman–Crippen MR) is 82.0 cm³/mol. The van der Waals surface area contributed by atoms with Crippen molar-refractivity contribution in [1.29, 1.82) is 0 Å². The fourth-order valence-electron chi connectivity index (χ4n) is 2.70. The fourth-order valence-corrected chi connectivity index (χ4v) is 2.70. The molecule has 0 radical (unpaired) electrons. The van der Waals surface area contributed by atoms with E-state index in [1.165, 1.54) is 5.56 Å². The molecule has 1 atom stereocenters. The van der Waals surface area contributed by atoms with Gasteiger partial charge in [-0.25, -0.2) is 0 Å². The minimum absolute atomic E-state index is 0.412. The molecule has 1 aliphatic rings. The van der Waals surface area contributed by atoms with E-state index in [0.29, 0.717) is 23.1 Å². The Kier molecular flexibility index (Phi) is 3.40. The molecule has 1 unspecified atom stereocenters. The van der Waals surface area contributed by atoms with Gasteiger partial charge in [0, 0.05) is 5.70 Å². The maximum atomic E-state index is 11.9. The van der Waals surface area contributed by atoms with Crippen molar-refractivity contribution >= 4 is 11.9 Å². The molecule has 3 N–H and O–H groups in total. The second-order valence-electron chi connectivity index (χ2n) is 5.70. The van der Waals surface area contributed by atoms with E-state index in [1.54, 1.807) is 11.6 Å². The van der Waals surface area contributed by atoms with Crippen LogP contribution in [0.4, 0.5) is 5.95 Å². The number of rotatable bonds is 3. The van der Waals surface area contributed by atoms with Crippen molar-refractivity contribution in [3.05, 3.63) is 46.7 Å². The zero-order valence-electron chi connectivity index (χ0n) is 12.7. The first-order valence-electron chi connectivity index (χ1n) is 7.14. The summed E-state index contributed by atoms with van der Waals surface area (Å²) in [6.45, 7) is 6.07. The van der Waals surface area contributed by atoms with Crippen molar-refractivity contribution in [2.75, 3.05) is 5.32 Å². The maximum absolute atomic E-state index is 11.9. The Morgan fingerprint density at radius 2 is 2.00 bits per heavy atom. The molecule has 0 spiro atoms. The van der Waals surface area contributed by atoms with E-state index in [2.05, 4.69) is 46.8 Å². The molecule has 7 nitrogen and oxygen atoms in total. The van der Waals surface area contributed by atoms with E-state index in [0.717, 1.165) is 5.56 Å². The number of nitrogens with two attached hydrogens (primary N) is 1. The van der Waals surface area contributed by atoms with Gasteiger partial charge in [0.15, 0.2) is 0 Å². The molecule has 2 aromatic rings. The van der Waals surface area contributed by atoms with E-state index in [9.17, 15) is 4.79 Å². The summed E-state index contributed by atoms with van der Waals surface area (Å²) in [6, 6.07) is 7.69. The van der Waals surface area contributed by atoms with Crippen LogP contribution in [0.1, 0.15) is 43.9 Å². The minimum Gasteiger partial charge on any atom is -0.366 e. The molecular weight excluding hydrogens is 280 g/mol. The average Bonchev–Trinajstić information content (AvgIpc) is 2.93. The summed E-state index contributed by atoms with van der Waals surface area (Å²) in [5.41, 5.74) is 8.87. The molecule has 7 heteroatoms. The van der Waals surface area contributed by atoms with Gasteiger partial charge in [0.05, 0.1) is 5.57 Å². The number of carbonyl (C=O) groups excluding carboxylic acids is 1. The summed E-state index contributed by atoms with van der Waals surface area (Å²) in [7, 11) is 0. The van der Waals surface area contributed by atoms with Crippen LogP contribution in [-0.2, 0) is 4.79 Å². The Morgan fingerprint density at radius 1 is 1.32 bits per heavy atom. The number of benzene rings is 1. The van der Waals surface area contributed by atoms with E-state index in [4.69, 9.17) is 5.73 Å². The molecule has 3 rings (SSSR count). The van der Waals surface area contributed by atoms with Crippen LogP contribution < -0.4 is 11.1 Å². The lowest BCUT2D eigenvalue weighted by Crippen LogP contribution is -2.31. The van der Waals surface area contributed by atoms with Gasteiger partial charge in [-0.3, -0.25) is 4.79 Å². The molecule has 2 heterocycles. The van der Waals surface area contributed by atoms with E-state index >= 15 is 0 Å². The minimum atomic E-state index is -0.482. The first kappa shape index (κ1) is 14.2. The molecular formula is C15H18N6O. The number of primary amides is 1. The number of nitrogens with zero attached hydrogens (tertiary/aromatic N) is 4. The molecule has 1 aromatic heterocycles. The molecule has 0 aliphatic carbocycles. The highest BCUT2D eigenvalue weighted by Crippen LogP contribution is 2.34. The van der Waals surface area contributed by atoms with Crippen LogP contribution in [0, 0.1) is 0 Å². The van der Waals surface area contributed by atoms with Gasteiger partial charge >= 0.3 is 0 Å². The summed E-state index contributed by atoms with van der Waals surface area (Å²) < 4.78 is 1.58. The Labute approximate surface area is 128 Å². The van der Waals surface area contributed by atoms with Gasteiger partial charge in [0.1, 0.15) is 6.04 Å². The summed E-state index contributed by atoms with van der Waals surface area (Å²) in [4.78, 5) is 11.9. The molecule has 0 saturated carbocycles. The maximum Gasteiger partial charge on any atom is 0.248 e. The van der Waals surface area contributed by atoms with Gasteiger partial charge in [-0.05, 0) is 34.4 Å². The van der Waals surface area contributed by atoms with Gasteiger partial charge in [-0.15, -0.1) is 0 Å². The molecule has 1 amide bonds. The Bertz CT molecular complexity index is 744. The van der Waals surface area contributed by atoms with E-state index in [-0.39, 0.29) is 0 Å². The summed E-state index contributed by atoms with van der Waals surface area (Å²) >= 11 is 0. The molecule has 114 valence electrons. The number of hydrogen-bond acceptors (Lipinski definition) is 5. The van der Waals surface area contributed by atoms with Crippen molar-refractivity contribution in [1.82, 2.24) is 20.2 Å². The number of amides is 1. The molecule has 0 saturated heterocycles. The van der Waals surface area contributed by atoms with Crippen LogP contribution in [0.15, 0.2) is 35.5 Å². The van der Waals surface area contributed by atoms with Gasteiger partial charge in [-0.1, -0.05) is 43.2 Å². The molecule has 0 bridgehead atoms. The monoisotopic (exact) mass is 298 g/mol. The summed E-state index contributed by atoms with van der Waals surface area (Å²) in [5.74, 6) is 0.461. The lowest BCUT2D eigenvalue weighted by atomic mass is 9.93. The Morgan fingerprint density at radius 3 is 2.59 bits per heavy atom. The molecule has 0 fully saturated rings. The van der Waals surface area contributed by atoms with Crippen molar-refractivity contribution in [2.24, 2.45) is 5.73 Å². The van der Waals surface area contributed by atoms with Crippen LogP contribution in [0.25, 0.3) is 0 Å². The topological polar surface area (TPSA) is 98.7 Å². The van der Waals surface area contributed by atoms with Crippen molar-refractivity contribution in [3.8, 4) is 0 Å². The first-order chi connectivity index (χ1) is 10.5. The SMILES string of the molecule is CC1=C(C(N)=O)C(c2ccc(C(C)C)cc2)n2nnnc2N1. The number of nitrogens with one attached hydrogen (secondary N) is 1. The smallest absolute Gasteiger partial charge is 0.248 e. The van der Waals surface area contributed by atoms with Gasteiger partial charge < -0.3 is 11.1 Å². The number of carbonyl (C=O) groups is 1. The van der Waals surface area contributed by atoms with E-state index < -0.39 is 11.9 Å². The highest BCUT2D eigenvalue weighted by atomic mass is 16.1. The number of fused-ring (bicyclic) bond motifs is 1. The number of tetrazole rings is 1. The summed E-state index contributed by atoms with van der Waals surface area (Å²) in [5, 5.41) is 14.6. The fraction of sp³-hybridized carbons (Fsp3) is 0.333. The van der Waals surface area contributed by atoms with Crippen LogP contribution in [0.5, 0.6) is 0 Å². The van der Waals surface area contributed by atoms with Gasteiger partial charge in [-0.2, -0.15) is 4.68 Å². The second-order valence-corrected chi connectivity index (χ2v) is 5.70. The number of anilines is 1. The largest absolute Gasteiger partial charge is 0.366 e. The Balaban J connectivity index is 2.12. The van der Waals surface area contributed by atoms with Crippen molar-refractivity contribution in [3.63, 3.8) is 0 Å².